The fourth-order valence-electron chi connectivity index (χ4n) is 4.58. The largest absolute Gasteiger partial charge is 0.376 e. The summed E-state index contributed by atoms with van der Waals surface area (Å²) in [6, 6.07) is 0. The van der Waals surface area contributed by atoms with Crippen LogP contribution in [0.15, 0.2) is 112 Å². The first-order chi connectivity index (χ1) is 23.0. The van der Waals surface area contributed by atoms with Crippen molar-refractivity contribution in [3.05, 3.63) is 97.2 Å². The first-order valence-corrected chi connectivity index (χ1v) is 17.2. The van der Waals surface area contributed by atoms with Crippen LogP contribution in [0.1, 0.15) is 86.0 Å². The summed E-state index contributed by atoms with van der Waals surface area (Å²) in [5.74, 6) is 1.59. The molecule has 2 heterocycles. The van der Waals surface area contributed by atoms with Crippen LogP contribution in [0.3, 0.4) is 0 Å². The smallest absolute Gasteiger partial charge is 0.223 e. The Morgan fingerprint density at radius 3 is 2.60 bits per heavy atom. The monoisotopic (exact) mass is 646 g/mol. The van der Waals surface area contributed by atoms with E-state index in [1.807, 2.05) is 69.4 Å². The summed E-state index contributed by atoms with van der Waals surface area (Å²) in [6.45, 7) is 27.9. The second-order valence-electron chi connectivity index (χ2n) is 10.6. The van der Waals surface area contributed by atoms with Gasteiger partial charge in [0.1, 0.15) is 0 Å². The lowest BCUT2D eigenvalue weighted by Crippen LogP contribution is -2.36. The van der Waals surface area contributed by atoms with Crippen molar-refractivity contribution in [3.8, 4) is 0 Å². The number of ether oxygens (including phenoxy) is 1. The van der Waals surface area contributed by atoms with Gasteiger partial charge in [-0.15, -0.1) is 13.2 Å². The summed E-state index contributed by atoms with van der Waals surface area (Å²) >= 11 is 0. The molecular formula is C39H62N6O2. The zero-order valence-electron chi connectivity index (χ0n) is 29.9. The Morgan fingerprint density at radius 1 is 1.21 bits per heavy atom. The van der Waals surface area contributed by atoms with Crippen LogP contribution < -0.4 is 10.6 Å². The van der Waals surface area contributed by atoms with Crippen LogP contribution in [-0.4, -0.2) is 62.4 Å². The molecule has 1 saturated heterocycles. The predicted molar refractivity (Wildman–Crippen MR) is 205 cm³/mol. The van der Waals surface area contributed by atoms with E-state index in [-0.39, 0.29) is 17.9 Å². The molecule has 0 aromatic heterocycles. The van der Waals surface area contributed by atoms with Crippen molar-refractivity contribution in [1.29, 1.82) is 0 Å². The number of unbranched alkanes of at least 4 members (excludes halogenated alkanes) is 1. The lowest BCUT2D eigenvalue weighted by Gasteiger charge is -2.23. The molecule has 2 N–H and O–H groups in total. The number of nitrogens with one attached hydrogen (secondary N) is 2. The van der Waals surface area contributed by atoms with Gasteiger partial charge in [0.05, 0.1) is 6.10 Å². The van der Waals surface area contributed by atoms with Crippen molar-refractivity contribution in [2.45, 2.75) is 92.1 Å². The summed E-state index contributed by atoms with van der Waals surface area (Å²) in [6.07, 6.45) is 28.5. The second-order valence-corrected chi connectivity index (χ2v) is 10.6. The highest BCUT2D eigenvalue weighted by Gasteiger charge is 2.20. The summed E-state index contributed by atoms with van der Waals surface area (Å²) in [4.78, 5) is 21.7. The van der Waals surface area contributed by atoms with Gasteiger partial charge in [0, 0.05) is 50.3 Å². The molecule has 1 amide bonds. The third-order valence-corrected chi connectivity index (χ3v) is 6.98. The Balaban J connectivity index is 0.00000399. The maximum atomic E-state index is 12.5. The minimum Gasteiger partial charge on any atom is -0.376 e. The van der Waals surface area contributed by atoms with Gasteiger partial charge in [-0.25, -0.2) is 9.98 Å². The zero-order valence-corrected chi connectivity index (χ0v) is 29.9. The molecule has 2 aliphatic heterocycles. The van der Waals surface area contributed by atoms with E-state index in [9.17, 15) is 4.79 Å². The Bertz CT molecular complexity index is 1140. The topological polar surface area (TPSA) is 90.7 Å². The number of nitrogens with zero attached hydrogens (tertiary/aromatic N) is 4. The minimum absolute atomic E-state index is 0.0707. The van der Waals surface area contributed by atoms with E-state index in [1.165, 1.54) is 0 Å². The summed E-state index contributed by atoms with van der Waals surface area (Å²) in [7, 11) is 0. The SMILES string of the molecule is C=CC.C=CC/C=C/C1=C(/N=C/C=C/C=C(\C=C)CNCCCCC(CC)C(=O)NCC2CCCO2)N(N=C)/C(=C\CC)N=C1.CC. The molecule has 0 bridgehead atoms. The standard InChI is InChI=1S/C34H50N6O2.C3H6.C2H6/c1-6-10-11-20-30-26-38-32(17-7-2)40(35-5)33(30)37-23-15-12-18-28(8-3)25-36-22-14-13-19-29(9-4)34(41)39-27-31-21-16-24-42-31;1-3-2;1-2/h6,8,11-12,15,17-18,20,23,26,29,31,36H,1,3,5,7,9-10,13-14,16,19,21-22,24-25,27H2,2,4H3,(H,39,41);3H,1H2,2H3;1-2H3/b15-12+,20-11+,28-18+,32-17-,37-23+;;. The third kappa shape index (κ3) is 18.8. The van der Waals surface area contributed by atoms with E-state index < -0.39 is 0 Å². The van der Waals surface area contributed by atoms with Crippen LogP contribution in [0.2, 0.25) is 0 Å². The van der Waals surface area contributed by atoms with Crippen LogP contribution in [0.5, 0.6) is 0 Å². The number of hydrogen-bond acceptors (Lipinski definition) is 7. The van der Waals surface area contributed by atoms with Gasteiger partial charge in [-0.05, 0) is 76.1 Å². The number of allylic oxidation sites excluding steroid dienone is 9. The van der Waals surface area contributed by atoms with Crippen molar-refractivity contribution in [2.24, 2.45) is 21.0 Å². The molecule has 1 fully saturated rings. The molecule has 2 atom stereocenters. The molecule has 2 rings (SSSR count). The van der Waals surface area contributed by atoms with Crippen molar-refractivity contribution < 1.29 is 9.53 Å². The highest BCUT2D eigenvalue weighted by molar-refractivity contribution is 5.86. The first kappa shape index (κ1) is 43.1. The molecule has 2 aliphatic rings. The zero-order chi connectivity index (χ0) is 35.1. The minimum atomic E-state index is 0.0707. The van der Waals surface area contributed by atoms with Gasteiger partial charge in [-0.3, -0.25) is 4.79 Å². The Labute approximate surface area is 286 Å². The maximum absolute atomic E-state index is 12.5. The van der Waals surface area contributed by atoms with Crippen molar-refractivity contribution in [2.75, 3.05) is 26.2 Å². The van der Waals surface area contributed by atoms with Gasteiger partial charge in [-0.1, -0.05) is 83.2 Å². The lowest BCUT2D eigenvalue weighted by atomic mass is 9.98. The number of hydrogen-bond donors (Lipinski definition) is 2. The van der Waals surface area contributed by atoms with E-state index >= 15 is 0 Å². The third-order valence-electron chi connectivity index (χ3n) is 6.98. The van der Waals surface area contributed by atoms with Gasteiger partial charge in [0.2, 0.25) is 5.91 Å². The van der Waals surface area contributed by atoms with E-state index in [4.69, 9.17) is 4.74 Å². The second kappa shape index (κ2) is 29.5. The van der Waals surface area contributed by atoms with Gasteiger partial charge in [-0.2, -0.15) is 10.1 Å². The predicted octanol–water partition coefficient (Wildman–Crippen LogP) is 8.62. The van der Waals surface area contributed by atoms with E-state index in [1.54, 1.807) is 23.5 Å². The number of rotatable bonds is 20. The highest BCUT2D eigenvalue weighted by Crippen LogP contribution is 2.24. The molecule has 0 saturated carbocycles. The Hall–Kier alpha value is -3.88. The fourth-order valence-corrected chi connectivity index (χ4v) is 4.58. The average Bonchev–Trinajstić information content (AvgIpc) is 3.62. The number of hydrazone groups is 1. The van der Waals surface area contributed by atoms with Gasteiger partial charge in [0.25, 0.3) is 0 Å². The Kier molecular flexibility index (Phi) is 27.1. The molecule has 8 heteroatoms. The number of aliphatic imine (C=N–C) groups is 2. The van der Waals surface area contributed by atoms with Gasteiger partial charge in [0.15, 0.2) is 11.6 Å². The quantitative estimate of drug-likeness (QED) is 0.0600. The molecule has 0 aromatic carbocycles. The molecule has 47 heavy (non-hydrogen) atoms. The normalized spacial score (nSPS) is 17.8. The van der Waals surface area contributed by atoms with Gasteiger partial charge < -0.3 is 15.4 Å². The van der Waals surface area contributed by atoms with Gasteiger partial charge >= 0.3 is 0 Å². The highest BCUT2D eigenvalue weighted by atomic mass is 16.5. The maximum Gasteiger partial charge on any atom is 0.223 e. The van der Waals surface area contributed by atoms with Crippen molar-refractivity contribution in [1.82, 2.24) is 15.6 Å². The molecular weight excluding hydrogens is 584 g/mol. The van der Waals surface area contributed by atoms with Crippen molar-refractivity contribution in [3.63, 3.8) is 0 Å². The van der Waals surface area contributed by atoms with E-state index in [0.717, 1.165) is 82.2 Å². The van der Waals surface area contributed by atoms with Crippen LogP contribution in [0, 0.1) is 5.92 Å². The van der Waals surface area contributed by atoms with E-state index in [2.05, 4.69) is 66.0 Å². The molecule has 0 radical (unpaired) electrons. The van der Waals surface area contributed by atoms with Crippen LogP contribution in [0.4, 0.5) is 0 Å². The summed E-state index contributed by atoms with van der Waals surface area (Å²) in [5.41, 5.74) is 1.93. The number of amides is 1. The lowest BCUT2D eigenvalue weighted by molar-refractivity contribution is -0.125. The Morgan fingerprint density at radius 2 is 1.98 bits per heavy atom. The van der Waals surface area contributed by atoms with E-state index in [0.29, 0.717) is 18.2 Å². The molecule has 2 unspecified atom stereocenters. The molecule has 260 valence electrons. The van der Waals surface area contributed by atoms with Crippen molar-refractivity contribution >= 4 is 25.1 Å². The van der Waals surface area contributed by atoms with Crippen LogP contribution >= 0.6 is 0 Å². The summed E-state index contributed by atoms with van der Waals surface area (Å²) < 4.78 is 5.61. The average molecular weight is 647 g/mol. The fraction of sp³-hybridized carbons (Fsp3) is 0.487. The molecule has 0 spiro atoms. The summed E-state index contributed by atoms with van der Waals surface area (Å²) in [5, 5.41) is 12.4. The van der Waals surface area contributed by atoms with Crippen LogP contribution in [-0.2, 0) is 9.53 Å². The van der Waals surface area contributed by atoms with Crippen LogP contribution in [0.25, 0.3) is 0 Å². The number of carbonyl (C=O) groups is 1. The molecule has 8 nitrogen and oxygen atoms in total. The number of carbonyl (C=O) groups excluding carboxylic acids is 1. The first-order valence-electron chi connectivity index (χ1n) is 17.2. The molecule has 0 aliphatic carbocycles. The molecule has 0 aromatic rings.